The Labute approximate surface area is 104 Å². The van der Waals surface area contributed by atoms with E-state index in [2.05, 4.69) is 5.32 Å². The Hall–Kier alpha value is -0.160. The Balaban J connectivity index is 1.63. The van der Waals surface area contributed by atoms with Gasteiger partial charge in [0.15, 0.2) is 0 Å². The van der Waals surface area contributed by atoms with Crippen LogP contribution in [0.15, 0.2) is 0 Å². The monoisotopic (exact) mass is 243 g/mol. The summed E-state index contributed by atoms with van der Waals surface area (Å²) in [7, 11) is 0. The van der Waals surface area contributed by atoms with Gasteiger partial charge in [0.25, 0.3) is 0 Å². The summed E-state index contributed by atoms with van der Waals surface area (Å²) in [6.07, 6.45) is 7.41. The summed E-state index contributed by atoms with van der Waals surface area (Å²) in [5, 5.41) is 12.1. The van der Waals surface area contributed by atoms with Crippen molar-refractivity contribution in [2.24, 2.45) is 0 Å². The van der Waals surface area contributed by atoms with Crippen LogP contribution in [0, 0.1) is 0 Å². The zero-order valence-electron chi connectivity index (χ0n) is 10.6. The second-order valence-electron chi connectivity index (χ2n) is 5.22. The van der Waals surface area contributed by atoms with E-state index in [4.69, 9.17) is 14.6 Å². The molecule has 0 amide bonds. The maximum Gasteiger partial charge on any atom is 0.0698 e. The molecule has 2 aliphatic rings. The minimum absolute atomic E-state index is 0.111. The zero-order valence-corrected chi connectivity index (χ0v) is 10.6. The highest BCUT2D eigenvalue weighted by molar-refractivity contribution is 4.93. The van der Waals surface area contributed by atoms with Gasteiger partial charge in [-0.05, 0) is 25.7 Å². The second-order valence-corrected chi connectivity index (χ2v) is 5.22. The summed E-state index contributed by atoms with van der Waals surface area (Å²) in [5.41, 5.74) is 0.196. The molecule has 2 N–H and O–H groups in total. The van der Waals surface area contributed by atoms with Crippen LogP contribution in [-0.2, 0) is 9.47 Å². The quantitative estimate of drug-likeness (QED) is 0.685. The van der Waals surface area contributed by atoms with E-state index in [1.54, 1.807) is 0 Å². The molecular weight excluding hydrogens is 218 g/mol. The van der Waals surface area contributed by atoms with E-state index in [-0.39, 0.29) is 12.2 Å². The molecular formula is C13H25NO3. The number of hydrogen-bond donors (Lipinski definition) is 2. The molecule has 0 aromatic heterocycles. The van der Waals surface area contributed by atoms with E-state index < -0.39 is 0 Å². The number of aliphatic hydroxyl groups is 1. The topological polar surface area (TPSA) is 50.7 Å². The average Bonchev–Trinajstić information content (AvgIpc) is 2.77. The third kappa shape index (κ3) is 3.91. The van der Waals surface area contributed by atoms with Gasteiger partial charge in [0.05, 0.1) is 25.4 Å². The normalized spacial score (nSPS) is 27.7. The first kappa shape index (κ1) is 13.3. The van der Waals surface area contributed by atoms with Crippen molar-refractivity contribution in [3.05, 3.63) is 0 Å². The SMILES string of the molecule is OCCOCCNC1CCOC2(CCCC2)C1. The molecule has 1 saturated carbocycles. The summed E-state index contributed by atoms with van der Waals surface area (Å²) in [5.74, 6) is 0. The van der Waals surface area contributed by atoms with Crippen molar-refractivity contribution in [3.63, 3.8) is 0 Å². The third-order valence-corrected chi connectivity index (χ3v) is 3.92. The van der Waals surface area contributed by atoms with Gasteiger partial charge in [0.1, 0.15) is 0 Å². The lowest BCUT2D eigenvalue weighted by Gasteiger charge is -2.38. The first-order valence-corrected chi connectivity index (χ1v) is 6.91. The molecule has 0 aromatic rings. The molecule has 2 fully saturated rings. The smallest absolute Gasteiger partial charge is 0.0698 e. The van der Waals surface area contributed by atoms with E-state index in [9.17, 15) is 0 Å². The highest BCUT2D eigenvalue weighted by Crippen LogP contribution is 2.39. The van der Waals surface area contributed by atoms with Crippen molar-refractivity contribution >= 4 is 0 Å². The maximum absolute atomic E-state index is 8.59. The van der Waals surface area contributed by atoms with Gasteiger partial charge in [-0.15, -0.1) is 0 Å². The fraction of sp³-hybridized carbons (Fsp3) is 1.00. The molecule has 1 saturated heterocycles. The van der Waals surface area contributed by atoms with Crippen LogP contribution >= 0.6 is 0 Å². The second kappa shape index (κ2) is 6.69. The van der Waals surface area contributed by atoms with Gasteiger partial charge in [0, 0.05) is 19.2 Å². The van der Waals surface area contributed by atoms with Gasteiger partial charge in [-0.25, -0.2) is 0 Å². The predicted octanol–water partition coefficient (Wildman–Crippen LogP) is 1.08. The van der Waals surface area contributed by atoms with Crippen LogP contribution in [0.25, 0.3) is 0 Å². The number of ether oxygens (including phenoxy) is 2. The summed E-state index contributed by atoms with van der Waals surface area (Å²) < 4.78 is 11.2. The molecule has 1 atom stereocenters. The number of rotatable bonds is 6. The molecule has 0 radical (unpaired) electrons. The molecule has 4 nitrogen and oxygen atoms in total. The van der Waals surface area contributed by atoms with Crippen LogP contribution in [0.3, 0.4) is 0 Å². The van der Waals surface area contributed by atoms with Crippen LogP contribution in [-0.4, -0.2) is 49.7 Å². The summed E-state index contributed by atoms with van der Waals surface area (Å²) in [6, 6.07) is 0.583. The van der Waals surface area contributed by atoms with Crippen molar-refractivity contribution < 1.29 is 14.6 Å². The molecule has 0 aromatic carbocycles. The molecule has 1 aliphatic heterocycles. The molecule has 100 valence electrons. The van der Waals surface area contributed by atoms with Crippen LogP contribution < -0.4 is 5.32 Å². The average molecular weight is 243 g/mol. The van der Waals surface area contributed by atoms with Crippen LogP contribution in [0.4, 0.5) is 0 Å². The summed E-state index contributed by atoms with van der Waals surface area (Å²) in [4.78, 5) is 0. The highest BCUT2D eigenvalue weighted by atomic mass is 16.5. The Morgan fingerprint density at radius 1 is 1.29 bits per heavy atom. The largest absolute Gasteiger partial charge is 0.394 e. The van der Waals surface area contributed by atoms with Crippen LogP contribution in [0.5, 0.6) is 0 Å². The summed E-state index contributed by atoms with van der Waals surface area (Å²) >= 11 is 0. The van der Waals surface area contributed by atoms with Crippen LogP contribution in [0.2, 0.25) is 0 Å². The number of hydrogen-bond acceptors (Lipinski definition) is 4. The molecule has 2 rings (SSSR count). The Morgan fingerprint density at radius 3 is 2.88 bits per heavy atom. The fourth-order valence-corrected chi connectivity index (χ4v) is 3.07. The van der Waals surface area contributed by atoms with Gasteiger partial charge in [-0.2, -0.15) is 0 Å². The van der Waals surface area contributed by atoms with Crippen molar-refractivity contribution in [2.45, 2.75) is 50.2 Å². The highest BCUT2D eigenvalue weighted by Gasteiger charge is 2.39. The molecule has 17 heavy (non-hydrogen) atoms. The fourth-order valence-electron chi connectivity index (χ4n) is 3.07. The maximum atomic E-state index is 8.59. The van der Waals surface area contributed by atoms with E-state index in [0.717, 1.165) is 26.0 Å². The van der Waals surface area contributed by atoms with E-state index in [1.165, 1.54) is 25.7 Å². The molecule has 0 bridgehead atoms. The Bertz CT molecular complexity index is 217. The standard InChI is InChI=1S/C13H25NO3/c15-7-10-16-9-6-14-12-3-8-17-13(11-12)4-1-2-5-13/h12,14-15H,1-11H2. The Kier molecular flexibility index (Phi) is 5.22. The van der Waals surface area contributed by atoms with Gasteiger partial charge in [-0.3, -0.25) is 0 Å². The molecule has 1 heterocycles. The Morgan fingerprint density at radius 2 is 2.12 bits per heavy atom. The lowest BCUT2D eigenvalue weighted by atomic mass is 9.89. The third-order valence-electron chi connectivity index (χ3n) is 3.92. The number of nitrogens with one attached hydrogen (secondary N) is 1. The van der Waals surface area contributed by atoms with E-state index in [1.807, 2.05) is 0 Å². The summed E-state index contributed by atoms with van der Waals surface area (Å²) in [6.45, 7) is 3.01. The minimum atomic E-state index is 0.111. The predicted molar refractivity (Wildman–Crippen MR) is 66.1 cm³/mol. The van der Waals surface area contributed by atoms with Crippen molar-refractivity contribution in [3.8, 4) is 0 Å². The molecule has 1 aliphatic carbocycles. The first-order chi connectivity index (χ1) is 8.35. The van der Waals surface area contributed by atoms with Gasteiger partial charge in [-0.1, -0.05) is 12.8 Å². The van der Waals surface area contributed by atoms with Gasteiger partial charge < -0.3 is 19.9 Å². The van der Waals surface area contributed by atoms with E-state index in [0.29, 0.717) is 19.3 Å². The lowest BCUT2D eigenvalue weighted by Crippen LogP contribution is -2.46. The van der Waals surface area contributed by atoms with Gasteiger partial charge >= 0.3 is 0 Å². The minimum Gasteiger partial charge on any atom is -0.394 e. The first-order valence-electron chi connectivity index (χ1n) is 6.91. The number of aliphatic hydroxyl groups excluding tert-OH is 1. The zero-order chi connectivity index (χ0) is 12.0. The van der Waals surface area contributed by atoms with E-state index >= 15 is 0 Å². The van der Waals surface area contributed by atoms with Crippen molar-refractivity contribution in [1.29, 1.82) is 0 Å². The van der Waals surface area contributed by atoms with Crippen molar-refractivity contribution in [2.75, 3.05) is 33.0 Å². The van der Waals surface area contributed by atoms with Crippen molar-refractivity contribution in [1.82, 2.24) is 5.32 Å². The van der Waals surface area contributed by atoms with Gasteiger partial charge in [0.2, 0.25) is 0 Å². The van der Waals surface area contributed by atoms with Crippen LogP contribution in [0.1, 0.15) is 38.5 Å². The molecule has 4 heteroatoms. The molecule has 1 unspecified atom stereocenters. The lowest BCUT2D eigenvalue weighted by molar-refractivity contribution is -0.0840. The molecule has 1 spiro atoms.